The second kappa shape index (κ2) is 6.15. The normalized spacial score (nSPS) is 11.0. The Labute approximate surface area is 128 Å². The molecule has 1 amide bonds. The SMILES string of the molecule is CNC(=O)c1cccc(NS(=O)(=O)c2ccc(C)c(F)c2)c1. The Kier molecular flexibility index (Phi) is 4.46. The van der Waals surface area contributed by atoms with E-state index in [0.29, 0.717) is 11.1 Å². The van der Waals surface area contributed by atoms with Gasteiger partial charge in [0.2, 0.25) is 0 Å². The van der Waals surface area contributed by atoms with Gasteiger partial charge >= 0.3 is 0 Å². The average molecular weight is 322 g/mol. The minimum absolute atomic E-state index is 0.180. The highest BCUT2D eigenvalue weighted by Gasteiger charge is 2.16. The van der Waals surface area contributed by atoms with E-state index in [2.05, 4.69) is 10.0 Å². The zero-order chi connectivity index (χ0) is 16.3. The molecule has 0 atom stereocenters. The minimum atomic E-state index is -3.92. The maximum Gasteiger partial charge on any atom is 0.261 e. The van der Waals surface area contributed by atoms with Gasteiger partial charge in [-0.05, 0) is 42.8 Å². The largest absolute Gasteiger partial charge is 0.355 e. The van der Waals surface area contributed by atoms with Gasteiger partial charge in [-0.25, -0.2) is 12.8 Å². The lowest BCUT2D eigenvalue weighted by molar-refractivity contribution is 0.0963. The molecule has 0 saturated carbocycles. The highest BCUT2D eigenvalue weighted by Crippen LogP contribution is 2.19. The molecule has 0 aliphatic heterocycles. The van der Waals surface area contributed by atoms with Crippen LogP contribution >= 0.6 is 0 Å². The van der Waals surface area contributed by atoms with Crippen LogP contribution in [0.25, 0.3) is 0 Å². The molecule has 2 aromatic rings. The first-order valence-corrected chi connectivity index (χ1v) is 7.93. The number of hydrogen-bond donors (Lipinski definition) is 2. The van der Waals surface area contributed by atoms with E-state index in [0.717, 1.165) is 6.07 Å². The first-order valence-electron chi connectivity index (χ1n) is 6.44. The summed E-state index contributed by atoms with van der Waals surface area (Å²) in [5, 5.41) is 2.45. The predicted molar refractivity (Wildman–Crippen MR) is 81.8 cm³/mol. The van der Waals surface area contributed by atoms with Gasteiger partial charge in [0.25, 0.3) is 15.9 Å². The molecule has 2 aromatic carbocycles. The van der Waals surface area contributed by atoms with Gasteiger partial charge in [-0.1, -0.05) is 12.1 Å². The number of amides is 1. The summed E-state index contributed by atoms with van der Waals surface area (Å²) in [6, 6.07) is 9.70. The molecule has 0 aliphatic rings. The van der Waals surface area contributed by atoms with Gasteiger partial charge in [0, 0.05) is 18.3 Å². The molecule has 116 valence electrons. The van der Waals surface area contributed by atoms with E-state index in [1.54, 1.807) is 19.1 Å². The molecule has 0 fully saturated rings. The minimum Gasteiger partial charge on any atom is -0.355 e. The van der Waals surface area contributed by atoms with E-state index in [4.69, 9.17) is 0 Å². The highest BCUT2D eigenvalue weighted by atomic mass is 32.2. The van der Waals surface area contributed by atoms with Crippen molar-refractivity contribution in [3.8, 4) is 0 Å². The van der Waals surface area contributed by atoms with Crippen molar-refractivity contribution < 1.29 is 17.6 Å². The lowest BCUT2D eigenvalue weighted by Gasteiger charge is -2.10. The van der Waals surface area contributed by atoms with Crippen LogP contribution in [0, 0.1) is 12.7 Å². The van der Waals surface area contributed by atoms with Gasteiger partial charge in [-0.15, -0.1) is 0 Å². The fourth-order valence-corrected chi connectivity index (χ4v) is 2.88. The number of rotatable bonds is 4. The van der Waals surface area contributed by atoms with Crippen LogP contribution in [-0.2, 0) is 10.0 Å². The zero-order valence-electron chi connectivity index (χ0n) is 12.1. The van der Waals surface area contributed by atoms with Crippen LogP contribution in [0.4, 0.5) is 10.1 Å². The number of benzene rings is 2. The molecule has 0 spiro atoms. The molecular formula is C15H15FN2O3S. The topological polar surface area (TPSA) is 75.3 Å². The molecule has 5 nitrogen and oxygen atoms in total. The lowest BCUT2D eigenvalue weighted by Crippen LogP contribution is -2.18. The fraction of sp³-hybridized carbons (Fsp3) is 0.133. The summed E-state index contributed by atoms with van der Waals surface area (Å²) in [6.07, 6.45) is 0. The number of sulfonamides is 1. The van der Waals surface area contributed by atoms with Crippen LogP contribution in [0.2, 0.25) is 0 Å². The number of aryl methyl sites for hydroxylation is 1. The number of halogens is 1. The first-order chi connectivity index (χ1) is 10.3. The van der Waals surface area contributed by atoms with E-state index in [-0.39, 0.29) is 16.5 Å². The molecule has 0 aliphatic carbocycles. The van der Waals surface area contributed by atoms with Crippen molar-refractivity contribution >= 4 is 21.6 Å². The van der Waals surface area contributed by atoms with Crippen molar-refractivity contribution in [2.75, 3.05) is 11.8 Å². The first kappa shape index (κ1) is 16.0. The Morgan fingerprint density at radius 1 is 1.14 bits per heavy atom. The Morgan fingerprint density at radius 2 is 1.86 bits per heavy atom. The van der Waals surface area contributed by atoms with Crippen LogP contribution < -0.4 is 10.0 Å². The van der Waals surface area contributed by atoms with Crippen molar-refractivity contribution in [2.45, 2.75) is 11.8 Å². The molecule has 7 heteroatoms. The zero-order valence-corrected chi connectivity index (χ0v) is 12.9. The number of carbonyl (C=O) groups is 1. The van der Waals surface area contributed by atoms with E-state index in [9.17, 15) is 17.6 Å². The van der Waals surface area contributed by atoms with Crippen LogP contribution in [0.15, 0.2) is 47.4 Å². The quantitative estimate of drug-likeness (QED) is 0.907. The van der Waals surface area contributed by atoms with Gasteiger partial charge in [0.15, 0.2) is 0 Å². The van der Waals surface area contributed by atoms with E-state index in [1.807, 2.05) is 0 Å². The van der Waals surface area contributed by atoms with Gasteiger partial charge in [0.1, 0.15) is 5.82 Å². The van der Waals surface area contributed by atoms with Crippen molar-refractivity contribution in [2.24, 2.45) is 0 Å². The molecule has 0 bridgehead atoms. The van der Waals surface area contributed by atoms with Crippen molar-refractivity contribution in [1.29, 1.82) is 0 Å². The Morgan fingerprint density at radius 3 is 2.50 bits per heavy atom. The van der Waals surface area contributed by atoms with E-state index in [1.165, 1.54) is 31.3 Å². The second-order valence-corrected chi connectivity index (χ2v) is 6.36. The third-order valence-corrected chi connectivity index (χ3v) is 4.44. The molecule has 2 rings (SSSR count). The number of carbonyl (C=O) groups excluding carboxylic acids is 1. The monoisotopic (exact) mass is 322 g/mol. The summed E-state index contributed by atoms with van der Waals surface area (Å²) in [4.78, 5) is 11.4. The third-order valence-electron chi connectivity index (χ3n) is 3.06. The summed E-state index contributed by atoms with van der Waals surface area (Å²) in [5.41, 5.74) is 0.903. The summed E-state index contributed by atoms with van der Waals surface area (Å²) in [7, 11) is -2.44. The van der Waals surface area contributed by atoms with Crippen LogP contribution in [-0.4, -0.2) is 21.4 Å². The average Bonchev–Trinajstić information content (AvgIpc) is 2.49. The number of hydrogen-bond acceptors (Lipinski definition) is 3. The summed E-state index contributed by atoms with van der Waals surface area (Å²) >= 11 is 0. The lowest BCUT2D eigenvalue weighted by atomic mass is 10.2. The molecular weight excluding hydrogens is 307 g/mol. The van der Waals surface area contributed by atoms with Crippen molar-refractivity contribution in [3.05, 3.63) is 59.4 Å². The summed E-state index contributed by atoms with van der Waals surface area (Å²) in [5.74, 6) is -0.926. The Balaban J connectivity index is 2.32. The van der Waals surface area contributed by atoms with Crippen molar-refractivity contribution in [3.63, 3.8) is 0 Å². The molecule has 0 saturated heterocycles. The highest BCUT2D eigenvalue weighted by molar-refractivity contribution is 7.92. The van der Waals surface area contributed by atoms with Crippen LogP contribution in [0.3, 0.4) is 0 Å². The van der Waals surface area contributed by atoms with Crippen LogP contribution in [0.1, 0.15) is 15.9 Å². The number of anilines is 1. The molecule has 0 heterocycles. The maximum absolute atomic E-state index is 13.5. The number of nitrogens with one attached hydrogen (secondary N) is 2. The third kappa shape index (κ3) is 3.43. The standard InChI is InChI=1S/C15H15FN2O3S/c1-10-6-7-13(9-14(10)16)22(20,21)18-12-5-3-4-11(8-12)15(19)17-2/h3-9,18H,1-2H3,(H,17,19). The van der Waals surface area contributed by atoms with Gasteiger partial charge in [0.05, 0.1) is 4.90 Å². The second-order valence-electron chi connectivity index (χ2n) is 4.68. The van der Waals surface area contributed by atoms with E-state index >= 15 is 0 Å². The molecule has 0 unspecified atom stereocenters. The molecule has 0 aromatic heterocycles. The predicted octanol–water partition coefficient (Wildman–Crippen LogP) is 2.29. The Bertz CT molecular complexity index is 819. The molecule has 22 heavy (non-hydrogen) atoms. The molecule has 2 N–H and O–H groups in total. The Hall–Kier alpha value is -2.41. The maximum atomic E-state index is 13.5. The van der Waals surface area contributed by atoms with Gasteiger partial charge in [-0.3, -0.25) is 9.52 Å². The van der Waals surface area contributed by atoms with Crippen molar-refractivity contribution in [1.82, 2.24) is 5.32 Å². The van der Waals surface area contributed by atoms with Crippen LogP contribution in [0.5, 0.6) is 0 Å². The smallest absolute Gasteiger partial charge is 0.261 e. The fourth-order valence-electron chi connectivity index (χ4n) is 1.82. The molecule has 0 radical (unpaired) electrons. The summed E-state index contributed by atoms with van der Waals surface area (Å²) in [6.45, 7) is 1.55. The van der Waals surface area contributed by atoms with Gasteiger partial charge in [-0.2, -0.15) is 0 Å². The van der Waals surface area contributed by atoms with E-state index < -0.39 is 15.8 Å². The van der Waals surface area contributed by atoms with Gasteiger partial charge < -0.3 is 5.32 Å². The summed E-state index contributed by atoms with van der Waals surface area (Å²) < 4.78 is 40.3.